The number of nitrogens with zero attached hydrogens (tertiary/aromatic N) is 5. The van der Waals surface area contributed by atoms with Crippen molar-refractivity contribution >= 4 is 67.3 Å². The molecule has 52 heavy (non-hydrogen) atoms. The first-order chi connectivity index (χ1) is 24.6. The van der Waals surface area contributed by atoms with Crippen LogP contribution in [0.5, 0.6) is 5.75 Å². The molecule has 1 aliphatic rings. The van der Waals surface area contributed by atoms with Gasteiger partial charge in [-0.05, 0) is 47.9 Å². The van der Waals surface area contributed by atoms with Crippen LogP contribution in [0.1, 0.15) is 0 Å². The first-order valence-corrected chi connectivity index (χ1v) is 19.6. The van der Waals surface area contributed by atoms with Gasteiger partial charge in [0.15, 0.2) is 12.0 Å². The van der Waals surface area contributed by atoms with Crippen molar-refractivity contribution in [1.82, 2.24) is 15.0 Å². The zero-order valence-electron chi connectivity index (χ0n) is 26.5. The molecule has 0 spiro atoms. The van der Waals surface area contributed by atoms with Crippen molar-refractivity contribution in [1.29, 1.82) is 0 Å². The number of aromatic nitrogens is 3. The molecule has 0 radical (unpaired) electrons. The number of nitrogens with two attached hydrogens (primary N) is 2. The fraction of sp³-hybridized carbons (Fsp3) is 0.200. The lowest BCUT2D eigenvalue weighted by Crippen LogP contribution is -2.61. The quantitative estimate of drug-likeness (QED) is 0.0912. The number of aliphatic hydroxyl groups is 4. The average Bonchev–Trinajstić information content (AvgIpc) is 3.11. The van der Waals surface area contributed by atoms with Crippen LogP contribution in [0.3, 0.4) is 0 Å². The fourth-order valence-corrected chi connectivity index (χ4v) is 7.92. The predicted octanol–water partition coefficient (Wildman–Crippen LogP) is 1.65. The normalized spacial score (nSPS) is 21.0. The summed E-state index contributed by atoms with van der Waals surface area (Å²) < 4.78 is 55.8. The Balaban J connectivity index is 1.53. The van der Waals surface area contributed by atoms with Crippen LogP contribution in [0.25, 0.3) is 16.3 Å². The van der Waals surface area contributed by atoms with Crippen LogP contribution >= 0.6 is 7.53 Å². The van der Waals surface area contributed by atoms with Gasteiger partial charge in [0.25, 0.3) is 0 Å². The lowest BCUT2D eigenvalue weighted by atomic mass is 9.97. The van der Waals surface area contributed by atoms with Crippen molar-refractivity contribution in [2.24, 2.45) is 20.5 Å². The van der Waals surface area contributed by atoms with Gasteiger partial charge in [0.1, 0.15) is 46.5 Å². The Hall–Kier alpha value is -4.80. The van der Waals surface area contributed by atoms with E-state index in [-0.39, 0.29) is 33.9 Å². The first-order valence-electron chi connectivity index (χ1n) is 15.1. The molecular weight excluding hydrogens is 741 g/mol. The molecule has 3 heterocycles. The molecule has 2 aromatic heterocycles. The third-order valence-electron chi connectivity index (χ3n) is 7.79. The largest absolute Gasteiger partial charge is 0.505 e. The highest BCUT2D eigenvalue weighted by molar-refractivity contribution is 7.89. The van der Waals surface area contributed by atoms with E-state index in [2.05, 4.69) is 35.8 Å². The Morgan fingerprint density at radius 2 is 1.52 bits per heavy atom. The molecule has 5 unspecified atom stereocenters. The van der Waals surface area contributed by atoms with E-state index in [9.17, 15) is 42.4 Å². The number of hydrogen-bond donors (Lipinski definition) is 9. The van der Waals surface area contributed by atoms with E-state index in [0.29, 0.717) is 5.69 Å². The number of primary sulfonamides is 2. The van der Waals surface area contributed by atoms with E-state index in [1.54, 1.807) is 48.5 Å². The van der Waals surface area contributed by atoms with Crippen LogP contribution < -0.4 is 20.9 Å². The predicted molar refractivity (Wildman–Crippen MR) is 188 cm³/mol. The summed E-state index contributed by atoms with van der Waals surface area (Å²) >= 11 is 0. The molecule has 11 N–H and O–H groups in total. The Kier molecular flexibility index (Phi) is 10.4. The maximum Gasteiger partial charge on any atom is 0.346 e. The third-order valence-corrected chi connectivity index (χ3v) is 11.3. The summed E-state index contributed by atoms with van der Waals surface area (Å²) in [6.07, 6.45) is -6.26. The minimum atomic E-state index is -4.58. The summed E-state index contributed by atoms with van der Waals surface area (Å²) in [5, 5.41) is 77.0. The summed E-state index contributed by atoms with van der Waals surface area (Å²) in [6, 6.07) is 15.2. The van der Waals surface area contributed by atoms with Crippen LogP contribution in [0, 0.1) is 0 Å². The van der Waals surface area contributed by atoms with Gasteiger partial charge in [-0.2, -0.15) is 20.1 Å². The van der Waals surface area contributed by atoms with Crippen molar-refractivity contribution in [3.05, 3.63) is 78.3 Å². The van der Waals surface area contributed by atoms with Crippen molar-refractivity contribution in [2.75, 3.05) is 17.2 Å². The summed E-state index contributed by atoms with van der Waals surface area (Å²) in [4.78, 5) is 12.1. The number of phenols is 1. The van der Waals surface area contributed by atoms with Gasteiger partial charge in [-0.3, -0.25) is 0 Å². The maximum atomic E-state index is 12.7. The minimum Gasteiger partial charge on any atom is -0.505 e. The standard InChI is InChI=1S/C30H30N9O10PS2/c31-51(45,46)17-11-15-12-20(52(32,47)48)22(39-38-16-7-3-1-4-8-16)25(42)21(15)18(13-17)33-28-35-29(37-30(36-28)50-9-5-2-6-10-50)34-23-26(43)24(41)19(14-40)49-27(23)44/h1-13,19,23-24,26-27,40-41,43-44H,14H2,(H6-,31,32,33,34,35,36,37,38,42,45,46,47,48)/p+1. The van der Waals surface area contributed by atoms with Gasteiger partial charge < -0.3 is 40.9 Å². The topological polar surface area (TPSA) is 318 Å². The molecular formula is C30H31N9O10PS2+. The number of azo groups is 1. The molecule has 1 fully saturated rings. The van der Waals surface area contributed by atoms with Crippen LogP contribution in [-0.4, -0.2) is 94.6 Å². The van der Waals surface area contributed by atoms with E-state index < -0.39 is 86.1 Å². The van der Waals surface area contributed by atoms with Crippen molar-refractivity contribution in [3.8, 4) is 11.3 Å². The molecule has 272 valence electrons. The number of sulfonamides is 2. The second-order valence-electron chi connectivity index (χ2n) is 11.4. The number of nitrogens with one attached hydrogen (secondary N) is 2. The van der Waals surface area contributed by atoms with Crippen molar-refractivity contribution < 1.29 is 47.1 Å². The number of aromatic hydroxyl groups is 1. The Bertz CT molecular complexity index is 2380. The molecule has 6 rings (SSSR count). The highest BCUT2D eigenvalue weighted by atomic mass is 32.2. The molecule has 19 nitrogen and oxygen atoms in total. The second kappa shape index (κ2) is 14.7. The van der Waals surface area contributed by atoms with E-state index in [4.69, 9.17) is 15.0 Å². The Labute approximate surface area is 296 Å². The maximum absolute atomic E-state index is 12.7. The summed E-state index contributed by atoms with van der Waals surface area (Å²) in [5.74, 6) is 2.37. The van der Waals surface area contributed by atoms with E-state index in [0.717, 1.165) is 18.2 Å². The third kappa shape index (κ3) is 7.83. The SMILES string of the molecule is NS(=O)(=O)c1cc(Nc2nc(NC3C(O)OC(CO)C(O)C3O)nc(-[p+]3ccccc3)n2)c2c(O)c(N=Nc3ccccc3)c(S(N)(=O)=O)cc2c1. The summed E-state index contributed by atoms with van der Waals surface area (Å²) in [7, 11) is -10.3. The number of fused-ring (bicyclic) bond motifs is 1. The number of benzene rings is 3. The Morgan fingerprint density at radius 3 is 2.17 bits per heavy atom. The molecule has 22 heteroatoms. The van der Waals surface area contributed by atoms with E-state index >= 15 is 0 Å². The van der Waals surface area contributed by atoms with Gasteiger partial charge in [-0.1, -0.05) is 24.3 Å². The molecule has 0 amide bonds. The number of anilines is 3. The molecule has 1 saturated heterocycles. The minimum absolute atomic E-state index is 0.141. The highest BCUT2D eigenvalue weighted by Crippen LogP contribution is 2.45. The summed E-state index contributed by atoms with van der Waals surface area (Å²) in [6.45, 7) is -0.682. The Morgan fingerprint density at radius 1 is 0.846 bits per heavy atom. The smallest absolute Gasteiger partial charge is 0.346 e. The van der Waals surface area contributed by atoms with Crippen LogP contribution in [-0.2, 0) is 24.8 Å². The second-order valence-corrected chi connectivity index (χ2v) is 16.3. The van der Waals surface area contributed by atoms with E-state index in [1.807, 2.05) is 11.6 Å². The number of phenolic OH excluding ortho intramolecular Hbond substituents is 1. The molecule has 0 bridgehead atoms. The van der Waals surface area contributed by atoms with Gasteiger partial charge >= 0.3 is 5.57 Å². The van der Waals surface area contributed by atoms with Crippen molar-refractivity contribution in [2.45, 2.75) is 40.4 Å². The molecule has 1 aliphatic heterocycles. The number of aliphatic hydroxyl groups excluding tert-OH is 4. The first kappa shape index (κ1) is 37.0. The fourth-order valence-electron chi connectivity index (χ4n) is 5.29. The number of rotatable bonds is 10. The average molecular weight is 773 g/mol. The lowest BCUT2D eigenvalue weighted by Gasteiger charge is -2.40. The highest BCUT2D eigenvalue weighted by Gasteiger charge is 2.44. The molecule has 0 aliphatic carbocycles. The van der Waals surface area contributed by atoms with Gasteiger partial charge in [-0.25, -0.2) is 27.1 Å². The molecule has 3 aromatic carbocycles. The lowest BCUT2D eigenvalue weighted by molar-refractivity contribution is -0.245. The molecule has 0 saturated carbocycles. The van der Waals surface area contributed by atoms with Gasteiger partial charge in [-0.15, -0.1) is 5.11 Å². The van der Waals surface area contributed by atoms with Gasteiger partial charge in [0, 0.05) is 5.39 Å². The summed E-state index contributed by atoms with van der Waals surface area (Å²) in [5.41, 5.74) is -0.250. The van der Waals surface area contributed by atoms with E-state index in [1.165, 1.54) is 0 Å². The van der Waals surface area contributed by atoms with Crippen LogP contribution in [0.15, 0.2) is 98.3 Å². The molecule has 5 aromatic rings. The van der Waals surface area contributed by atoms with Gasteiger partial charge in [0.2, 0.25) is 39.5 Å². The molecule has 5 atom stereocenters. The van der Waals surface area contributed by atoms with Crippen LogP contribution in [0.2, 0.25) is 0 Å². The zero-order valence-corrected chi connectivity index (χ0v) is 29.1. The monoisotopic (exact) mass is 772 g/mol. The number of hydrogen-bond acceptors (Lipinski definition) is 17. The zero-order chi connectivity index (χ0) is 37.4. The van der Waals surface area contributed by atoms with Gasteiger partial charge in [0.05, 0.1) is 22.9 Å². The van der Waals surface area contributed by atoms with Crippen molar-refractivity contribution in [3.63, 3.8) is 0 Å². The van der Waals surface area contributed by atoms with Crippen LogP contribution in [0.4, 0.5) is 29.0 Å². The number of ether oxygens (including phenoxy) is 1.